The molecule has 0 aliphatic carbocycles. The Balaban J connectivity index is 0.000000370. The Bertz CT molecular complexity index is 1880. The summed E-state index contributed by atoms with van der Waals surface area (Å²) in [6, 6.07) is 14.4. The van der Waals surface area contributed by atoms with Crippen LogP contribution in [0.25, 0.3) is 0 Å². The summed E-state index contributed by atoms with van der Waals surface area (Å²) < 4.78 is 56.3. The van der Waals surface area contributed by atoms with Crippen LogP contribution in [0.4, 0.5) is 9.59 Å². The van der Waals surface area contributed by atoms with E-state index in [0.717, 1.165) is 55.6 Å². The lowest BCUT2D eigenvalue weighted by atomic mass is 9.86. The molecule has 2 aliphatic rings. The zero-order valence-corrected chi connectivity index (χ0v) is 44.3. The highest BCUT2D eigenvalue weighted by molar-refractivity contribution is 5.82. The first kappa shape index (κ1) is 59.4. The van der Waals surface area contributed by atoms with Gasteiger partial charge in [0.2, 0.25) is 0 Å². The minimum absolute atomic E-state index is 0.0614. The van der Waals surface area contributed by atoms with Crippen LogP contribution in [0, 0.1) is 11.8 Å². The highest BCUT2D eigenvalue weighted by atomic mass is 16.6. The first-order valence-electron chi connectivity index (χ1n) is 24.7. The van der Waals surface area contributed by atoms with Crippen LogP contribution in [-0.2, 0) is 60.3 Å². The predicted octanol–water partition coefficient (Wildman–Crippen LogP) is 9.72. The van der Waals surface area contributed by atoms with Gasteiger partial charge in [0.25, 0.3) is 0 Å². The van der Waals surface area contributed by atoms with E-state index in [0.29, 0.717) is 32.5 Å². The van der Waals surface area contributed by atoms with E-state index in [4.69, 9.17) is 47.4 Å². The summed E-state index contributed by atoms with van der Waals surface area (Å²) in [5.74, 6) is 0.908. The smallest absolute Gasteiger partial charge is 0.412 e. The molecule has 2 aromatic carbocycles. The van der Waals surface area contributed by atoms with Crippen molar-refractivity contribution >= 4 is 24.1 Å². The van der Waals surface area contributed by atoms with E-state index < -0.39 is 59.6 Å². The first-order chi connectivity index (χ1) is 33.2. The molecule has 4 rings (SSSR count). The van der Waals surface area contributed by atoms with Crippen molar-refractivity contribution < 1.29 is 66.5 Å². The number of hydrogen-bond donors (Lipinski definition) is 0. The summed E-state index contributed by atoms with van der Waals surface area (Å²) in [6.45, 7) is 21.0. The number of amides is 2. The van der Waals surface area contributed by atoms with Crippen LogP contribution in [0.1, 0.15) is 118 Å². The average Bonchev–Trinajstić information content (AvgIpc) is 3.38. The zero-order chi connectivity index (χ0) is 52.0. The van der Waals surface area contributed by atoms with E-state index in [1.165, 1.54) is 29.6 Å². The number of esters is 2. The van der Waals surface area contributed by atoms with Gasteiger partial charge in [-0.2, -0.15) is 0 Å². The lowest BCUT2D eigenvalue weighted by Crippen LogP contribution is -2.49. The van der Waals surface area contributed by atoms with E-state index in [9.17, 15) is 19.2 Å². The van der Waals surface area contributed by atoms with E-state index in [1.54, 1.807) is 61.8 Å². The summed E-state index contributed by atoms with van der Waals surface area (Å²) in [6.07, 6.45) is 5.26. The Morgan fingerprint density at radius 2 is 1.03 bits per heavy atom. The Hall–Kier alpha value is -4.90. The molecule has 394 valence electrons. The molecule has 0 aromatic heterocycles. The van der Waals surface area contributed by atoms with Gasteiger partial charge < -0.3 is 47.4 Å². The first-order valence-corrected chi connectivity index (χ1v) is 24.7. The molecule has 0 radical (unpaired) electrons. The number of methoxy groups -OCH3 is 4. The van der Waals surface area contributed by atoms with Gasteiger partial charge >= 0.3 is 24.1 Å². The van der Waals surface area contributed by atoms with E-state index in [2.05, 4.69) is 25.6 Å². The molecule has 16 heteroatoms. The van der Waals surface area contributed by atoms with E-state index in [1.807, 2.05) is 50.2 Å². The molecule has 2 heterocycles. The minimum Gasteiger partial charge on any atom is -0.497 e. The van der Waals surface area contributed by atoms with Gasteiger partial charge in [-0.05, 0) is 148 Å². The molecule has 8 atom stereocenters. The molecule has 2 amide bonds. The number of hydrogen-bond acceptors (Lipinski definition) is 14. The molecule has 0 saturated carbocycles. The third-order valence-electron chi connectivity index (χ3n) is 11.9. The molecule has 0 N–H and O–H groups in total. The molecule has 70 heavy (non-hydrogen) atoms. The lowest BCUT2D eigenvalue weighted by Gasteiger charge is -2.33. The minimum atomic E-state index is -0.813. The van der Waals surface area contributed by atoms with Crippen LogP contribution >= 0.6 is 0 Å². The molecular weight excluding hydrogens is 901 g/mol. The molecule has 2 saturated heterocycles. The summed E-state index contributed by atoms with van der Waals surface area (Å²) in [5.41, 5.74) is 0.921. The fourth-order valence-corrected chi connectivity index (χ4v) is 8.70. The third kappa shape index (κ3) is 19.7. The van der Waals surface area contributed by atoms with Crippen molar-refractivity contribution in [2.24, 2.45) is 11.8 Å². The maximum Gasteiger partial charge on any atom is 0.412 e. The molecule has 0 bridgehead atoms. The van der Waals surface area contributed by atoms with Crippen molar-refractivity contribution in [2.45, 2.75) is 168 Å². The Morgan fingerprint density at radius 1 is 0.643 bits per heavy atom. The number of carbonyl (C=O) groups is 4. The quantitative estimate of drug-likeness (QED) is 0.0599. The van der Waals surface area contributed by atoms with Gasteiger partial charge in [-0.1, -0.05) is 50.1 Å². The number of rotatable bonds is 18. The number of benzene rings is 2. The van der Waals surface area contributed by atoms with Crippen LogP contribution in [-0.4, -0.2) is 137 Å². The van der Waals surface area contributed by atoms with Crippen molar-refractivity contribution in [1.82, 2.24) is 9.80 Å². The number of nitrogens with zero attached hydrogens (tertiary/aromatic N) is 2. The maximum atomic E-state index is 13.3. The van der Waals surface area contributed by atoms with E-state index >= 15 is 0 Å². The number of ether oxygens (including phenoxy) is 10. The van der Waals surface area contributed by atoms with Gasteiger partial charge in [0.1, 0.15) is 60.5 Å². The highest BCUT2D eigenvalue weighted by Crippen LogP contribution is 2.32. The maximum absolute atomic E-state index is 13.3. The summed E-state index contributed by atoms with van der Waals surface area (Å²) in [4.78, 5) is 55.0. The molecule has 16 nitrogen and oxygen atoms in total. The second kappa shape index (κ2) is 29.4. The van der Waals surface area contributed by atoms with Gasteiger partial charge in [0.15, 0.2) is 0 Å². The number of cyclic esters (lactones) is 2. The second-order valence-corrected chi connectivity index (χ2v) is 20.0. The second-order valence-electron chi connectivity index (χ2n) is 20.0. The van der Waals surface area contributed by atoms with Crippen LogP contribution in [0.2, 0.25) is 0 Å². The molecule has 2 fully saturated rings. The van der Waals surface area contributed by atoms with Crippen LogP contribution in [0.5, 0.6) is 11.5 Å². The van der Waals surface area contributed by atoms with Crippen molar-refractivity contribution in [3.05, 3.63) is 72.3 Å². The van der Waals surface area contributed by atoms with Crippen LogP contribution in [0.15, 0.2) is 61.2 Å². The standard InChI is InChI=1S/C27H43NO7.C27H41NO7/c2*1-8-16-33-24-19(2)34-25(29)23(28(18-31-6)26(30)35-27(3,4)5)11-9-10-21(24)17-20-12-14-22(32-7)15-13-20/h12-15,19,21,23-24H,8-11,16-18H2,1-7H3;8,12-15,19,21,23-24H,1,9-11,16-18H2,2-7H3/t2*19-,21+,23-,24-/m00/s1. The van der Waals surface area contributed by atoms with Gasteiger partial charge in [-0.15, -0.1) is 6.58 Å². The largest absolute Gasteiger partial charge is 0.497 e. The summed E-state index contributed by atoms with van der Waals surface area (Å²) in [7, 11) is 6.26. The van der Waals surface area contributed by atoms with Crippen molar-refractivity contribution in [1.29, 1.82) is 0 Å². The van der Waals surface area contributed by atoms with Crippen LogP contribution < -0.4 is 9.47 Å². The normalized spacial score (nSPS) is 23.4. The zero-order valence-electron chi connectivity index (χ0n) is 44.3. The third-order valence-corrected chi connectivity index (χ3v) is 11.9. The van der Waals surface area contributed by atoms with Crippen molar-refractivity contribution in [2.75, 3.05) is 55.1 Å². The molecular formula is C54H84N2O14. The number of carbonyl (C=O) groups excluding carboxylic acids is 4. The van der Waals surface area contributed by atoms with Gasteiger partial charge in [0.05, 0.1) is 33.0 Å². The molecule has 0 unspecified atom stereocenters. The van der Waals surface area contributed by atoms with Crippen molar-refractivity contribution in [3.63, 3.8) is 0 Å². The summed E-state index contributed by atoms with van der Waals surface area (Å²) in [5, 5.41) is 0. The Labute approximate surface area is 417 Å². The van der Waals surface area contributed by atoms with Crippen LogP contribution in [0.3, 0.4) is 0 Å². The van der Waals surface area contributed by atoms with Crippen molar-refractivity contribution in [3.8, 4) is 11.5 Å². The average molecular weight is 985 g/mol. The fraction of sp³-hybridized carbons (Fsp3) is 0.667. The topological polar surface area (TPSA) is 167 Å². The predicted molar refractivity (Wildman–Crippen MR) is 267 cm³/mol. The highest BCUT2D eigenvalue weighted by Gasteiger charge is 2.41. The fourth-order valence-electron chi connectivity index (χ4n) is 8.70. The van der Waals surface area contributed by atoms with Gasteiger partial charge in [-0.25, -0.2) is 19.2 Å². The lowest BCUT2D eigenvalue weighted by molar-refractivity contribution is -0.166. The van der Waals surface area contributed by atoms with Gasteiger partial charge in [-0.3, -0.25) is 9.80 Å². The SMILES string of the molecule is C=CCO[C@@H]1[C@@H](Cc2ccc(OC)cc2)CCC[C@H](N(COC)C(=O)OC(C)(C)C)C(=O)O[C@H]1C.CCCO[C@@H]1[C@@H](Cc2ccc(OC)cc2)CCC[C@H](N(COC)C(=O)OC(C)(C)C)C(=O)O[C@H]1C. The van der Waals surface area contributed by atoms with Gasteiger partial charge in [0, 0.05) is 20.8 Å². The summed E-state index contributed by atoms with van der Waals surface area (Å²) >= 11 is 0. The molecule has 0 spiro atoms. The van der Waals surface area contributed by atoms with E-state index in [-0.39, 0.29) is 37.5 Å². The monoisotopic (exact) mass is 985 g/mol. The molecule has 2 aromatic rings. The Kier molecular flexibility index (Phi) is 25.0. The molecule has 2 aliphatic heterocycles. The Morgan fingerprint density at radius 3 is 1.36 bits per heavy atom.